The zero-order valence-electron chi connectivity index (χ0n) is 27.8. The summed E-state index contributed by atoms with van der Waals surface area (Å²) in [5, 5.41) is 38.5. The highest BCUT2D eigenvalue weighted by Crippen LogP contribution is 2.14. The van der Waals surface area contributed by atoms with Crippen molar-refractivity contribution in [3.63, 3.8) is 0 Å². The van der Waals surface area contributed by atoms with Gasteiger partial charge in [0.05, 0.1) is 6.04 Å². The maximum atomic E-state index is 13.7. The molecule has 17 heteroatoms. The smallest absolute Gasteiger partial charge is 0.326 e. The van der Waals surface area contributed by atoms with Gasteiger partial charge in [0.25, 0.3) is 0 Å². The largest absolute Gasteiger partial charge is 0.508 e. The van der Waals surface area contributed by atoms with Crippen molar-refractivity contribution in [2.45, 2.75) is 96.4 Å². The van der Waals surface area contributed by atoms with Crippen LogP contribution in [0, 0.1) is 11.8 Å². The molecule has 4 amide bonds. The van der Waals surface area contributed by atoms with Crippen molar-refractivity contribution < 1.29 is 44.1 Å². The summed E-state index contributed by atoms with van der Waals surface area (Å²) in [6, 6.07) is -0.215. The number of carboxylic acid groups (broad SMARTS) is 2. The highest BCUT2D eigenvalue weighted by molar-refractivity contribution is 5.95. The van der Waals surface area contributed by atoms with Crippen LogP contribution in [-0.4, -0.2) is 93.6 Å². The van der Waals surface area contributed by atoms with Crippen LogP contribution >= 0.6 is 0 Å². The number of hydrogen-bond acceptors (Lipinski definition) is 9. The maximum Gasteiger partial charge on any atom is 0.326 e. The molecule has 1 aromatic rings. The van der Waals surface area contributed by atoms with Gasteiger partial charge in [-0.1, -0.05) is 39.8 Å². The first-order valence-electron chi connectivity index (χ1n) is 15.7. The number of nitrogens with two attached hydrogens (primary N) is 3. The Kier molecular flexibility index (Phi) is 17.4. The Balaban J connectivity index is 3.23. The van der Waals surface area contributed by atoms with Crippen LogP contribution in [-0.2, 0) is 35.2 Å². The van der Waals surface area contributed by atoms with Crippen LogP contribution in [0.25, 0.3) is 0 Å². The van der Waals surface area contributed by atoms with Crippen molar-refractivity contribution >= 4 is 41.5 Å². The number of nitrogens with one attached hydrogen (secondary N) is 4. The Bertz CT molecular complexity index is 1280. The number of rotatable bonds is 21. The maximum absolute atomic E-state index is 13.7. The van der Waals surface area contributed by atoms with Crippen LogP contribution in [0.15, 0.2) is 29.3 Å². The van der Waals surface area contributed by atoms with E-state index < -0.39 is 71.7 Å². The first-order valence-corrected chi connectivity index (χ1v) is 15.7. The van der Waals surface area contributed by atoms with Crippen LogP contribution in [0.3, 0.4) is 0 Å². The highest BCUT2D eigenvalue weighted by atomic mass is 16.4. The molecule has 0 saturated carbocycles. The van der Waals surface area contributed by atoms with Gasteiger partial charge in [0.15, 0.2) is 5.96 Å². The topological polar surface area (TPSA) is 302 Å². The van der Waals surface area contributed by atoms with Crippen molar-refractivity contribution in [3.05, 3.63) is 29.8 Å². The van der Waals surface area contributed by atoms with Crippen LogP contribution in [0.5, 0.6) is 5.75 Å². The second-order valence-electron chi connectivity index (χ2n) is 12.2. The number of carbonyl (C=O) groups is 6. The minimum Gasteiger partial charge on any atom is -0.508 e. The number of aliphatic carboxylic acids is 2. The monoisotopic (exact) mass is 678 g/mol. The number of aliphatic imine (C=N–C) groups is 1. The molecule has 48 heavy (non-hydrogen) atoms. The lowest BCUT2D eigenvalue weighted by molar-refractivity contribution is -0.142. The number of guanidine groups is 1. The fraction of sp³-hybridized carbons (Fsp3) is 0.581. The number of nitrogens with zero attached hydrogens (tertiary/aromatic N) is 1. The fourth-order valence-corrected chi connectivity index (χ4v) is 4.55. The van der Waals surface area contributed by atoms with E-state index in [4.69, 9.17) is 22.3 Å². The number of benzene rings is 1. The molecule has 0 radical (unpaired) electrons. The molecule has 17 nitrogen and oxygen atoms in total. The van der Waals surface area contributed by atoms with E-state index in [1.807, 2.05) is 13.8 Å². The predicted molar refractivity (Wildman–Crippen MR) is 176 cm³/mol. The summed E-state index contributed by atoms with van der Waals surface area (Å²) in [6.45, 7) is 7.10. The van der Waals surface area contributed by atoms with E-state index in [1.54, 1.807) is 13.8 Å². The Morgan fingerprint density at radius 1 is 0.771 bits per heavy atom. The lowest BCUT2D eigenvalue weighted by Gasteiger charge is -2.28. The second kappa shape index (κ2) is 20.3. The minimum absolute atomic E-state index is 0.00790. The van der Waals surface area contributed by atoms with Crippen LogP contribution < -0.4 is 38.5 Å². The Morgan fingerprint density at radius 3 is 1.85 bits per heavy atom. The molecule has 0 heterocycles. The molecule has 0 spiro atoms. The van der Waals surface area contributed by atoms with Gasteiger partial charge in [0.2, 0.25) is 23.6 Å². The summed E-state index contributed by atoms with van der Waals surface area (Å²) in [6.07, 6.45) is -0.191. The lowest BCUT2D eigenvalue weighted by atomic mass is 9.98. The van der Waals surface area contributed by atoms with Crippen molar-refractivity contribution in [2.75, 3.05) is 6.54 Å². The molecule has 0 aliphatic rings. The lowest BCUT2D eigenvalue weighted by Crippen LogP contribution is -2.59. The Morgan fingerprint density at radius 2 is 1.33 bits per heavy atom. The van der Waals surface area contributed by atoms with E-state index in [0.29, 0.717) is 5.56 Å². The van der Waals surface area contributed by atoms with Gasteiger partial charge < -0.3 is 53.8 Å². The van der Waals surface area contributed by atoms with E-state index in [9.17, 15) is 39.0 Å². The van der Waals surface area contributed by atoms with Crippen molar-refractivity contribution in [3.8, 4) is 5.75 Å². The third-order valence-corrected chi connectivity index (χ3v) is 7.16. The van der Waals surface area contributed by atoms with E-state index in [1.165, 1.54) is 24.3 Å². The number of phenolic OH excluding ortho intramolecular Hbond substituents is 1. The van der Waals surface area contributed by atoms with Gasteiger partial charge in [-0.25, -0.2) is 4.79 Å². The number of hydrogen-bond donors (Lipinski definition) is 10. The molecule has 268 valence electrons. The molecule has 0 saturated heterocycles. The summed E-state index contributed by atoms with van der Waals surface area (Å²) >= 11 is 0. The van der Waals surface area contributed by atoms with Gasteiger partial charge in [-0.3, -0.25) is 29.0 Å². The average molecular weight is 679 g/mol. The Hall–Kier alpha value is -4.93. The molecule has 5 unspecified atom stereocenters. The van der Waals surface area contributed by atoms with Gasteiger partial charge in [0, 0.05) is 19.4 Å². The third-order valence-electron chi connectivity index (χ3n) is 7.16. The van der Waals surface area contributed by atoms with Crippen molar-refractivity contribution in [1.29, 1.82) is 0 Å². The first-order chi connectivity index (χ1) is 22.4. The third kappa shape index (κ3) is 15.6. The molecular formula is C31H50N8O9. The Labute approximate surface area is 279 Å². The van der Waals surface area contributed by atoms with E-state index in [-0.39, 0.29) is 62.7 Å². The molecule has 0 aromatic heterocycles. The van der Waals surface area contributed by atoms with Crippen LogP contribution in [0.1, 0.15) is 65.4 Å². The molecule has 0 bridgehead atoms. The molecule has 5 atom stereocenters. The van der Waals surface area contributed by atoms with Crippen molar-refractivity contribution in [1.82, 2.24) is 21.3 Å². The molecule has 13 N–H and O–H groups in total. The summed E-state index contributed by atoms with van der Waals surface area (Å²) in [5.74, 6) is -6.14. The minimum atomic E-state index is -1.32. The molecular weight excluding hydrogens is 628 g/mol. The molecule has 0 aliphatic carbocycles. The summed E-state index contributed by atoms with van der Waals surface area (Å²) < 4.78 is 0. The first kappa shape index (κ1) is 41.1. The zero-order valence-corrected chi connectivity index (χ0v) is 27.8. The van der Waals surface area contributed by atoms with Crippen molar-refractivity contribution in [2.24, 2.45) is 34.0 Å². The average Bonchev–Trinajstić information content (AvgIpc) is 2.99. The quantitative estimate of drug-likeness (QED) is 0.0421. The van der Waals surface area contributed by atoms with Gasteiger partial charge in [-0.15, -0.1) is 0 Å². The van der Waals surface area contributed by atoms with E-state index in [2.05, 4.69) is 26.3 Å². The number of carbonyl (C=O) groups excluding carboxylic acids is 4. The van der Waals surface area contributed by atoms with Crippen LogP contribution in [0.2, 0.25) is 0 Å². The SMILES string of the molecule is CC(C)CC(NC(=O)C(NC(=O)C(N)CCC(=O)O)C(C)C)C(=O)NC(Cc1ccc(O)cc1)C(=O)NC(CCCN=C(N)N)C(=O)O. The normalized spacial score (nSPS) is 14.1. The molecule has 0 fully saturated rings. The predicted octanol–water partition coefficient (Wildman–Crippen LogP) is -1.09. The van der Waals surface area contributed by atoms with Gasteiger partial charge in [0.1, 0.15) is 29.9 Å². The van der Waals surface area contributed by atoms with Gasteiger partial charge in [-0.2, -0.15) is 0 Å². The molecule has 1 rings (SSSR count). The summed E-state index contributed by atoms with van der Waals surface area (Å²) in [7, 11) is 0. The van der Waals surface area contributed by atoms with E-state index in [0.717, 1.165) is 0 Å². The summed E-state index contributed by atoms with van der Waals surface area (Å²) in [4.78, 5) is 79.8. The number of amides is 4. The molecule has 1 aromatic carbocycles. The van der Waals surface area contributed by atoms with Crippen LogP contribution in [0.4, 0.5) is 0 Å². The second-order valence-corrected chi connectivity index (χ2v) is 12.2. The van der Waals surface area contributed by atoms with E-state index >= 15 is 0 Å². The number of aromatic hydroxyl groups is 1. The number of phenols is 1. The molecule has 0 aliphatic heterocycles. The number of carboxylic acids is 2. The van der Waals surface area contributed by atoms with Gasteiger partial charge in [-0.05, 0) is 55.2 Å². The van der Waals surface area contributed by atoms with Gasteiger partial charge >= 0.3 is 11.9 Å². The summed E-state index contributed by atoms with van der Waals surface area (Å²) in [5.41, 5.74) is 17.0. The highest BCUT2D eigenvalue weighted by Gasteiger charge is 2.33. The fourth-order valence-electron chi connectivity index (χ4n) is 4.55. The zero-order chi connectivity index (χ0) is 36.6. The standard InChI is InChI=1S/C31H50N8O9/c1-16(2)14-22(38-29(46)25(17(3)4)39-26(43)20(32)11-12-24(41)42)27(44)37-23(15-18-7-9-19(40)10-8-18)28(45)36-21(30(47)48)6-5-13-35-31(33)34/h7-10,16-17,20-23,25,40H,5-6,11-15,32H2,1-4H3,(H,36,45)(H,37,44)(H,38,46)(H,39,43)(H,41,42)(H,47,48)(H4,33,34,35).